The molecule has 1 amide bonds. The Labute approximate surface area is 160 Å². The van der Waals surface area contributed by atoms with Crippen LogP contribution in [0.1, 0.15) is 10.5 Å². The fourth-order valence-corrected chi connectivity index (χ4v) is 3.12. The summed E-state index contributed by atoms with van der Waals surface area (Å²) in [6.45, 7) is 1.79. The quantitative estimate of drug-likeness (QED) is 0.726. The van der Waals surface area contributed by atoms with Gasteiger partial charge in [0.05, 0.1) is 13.3 Å². The van der Waals surface area contributed by atoms with Crippen LogP contribution in [0.15, 0.2) is 36.8 Å². The molecule has 1 aromatic carbocycles. The van der Waals surface area contributed by atoms with Crippen molar-refractivity contribution in [3.8, 4) is 17.0 Å². The Balaban J connectivity index is 1.50. The SMILES string of the molecule is COc1ccc(-c2ncnc(N3CCN(C(=O)c4cn[nH]n4)CC3)c2F)cc1. The lowest BCUT2D eigenvalue weighted by molar-refractivity contribution is 0.0740. The van der Waals surface area contributed by atoms with Gasteiger partial charge < -0.3 is 14.5 Å². The number of H-pyrrole nitrogens is 1. The molecule has 4 rings (SSSR count). The molecule has 1 saturated heterocycles. The van der Waals surface area contributed by atoms with Crippen LogP contribution in [0.2, 0.25) is 0 Å². The third-order valence-electron chi connectivity index (χ3n) is 4.64. The van der Waals surface area contributed by atoms with Gasteiger partial charge in [-0.3, -0.25) is 4.79 Å². The lowest BCUT2D eigenvalue weighted by Gasteiger charge is -2.35. The van der Waals surface area contributed by atoms with E-state index in [1.165, 1.54) is 12.5 Å². The van der Waals surface area contributed by atoms with Gasteiger partial charge in [0.2, 0.25) is 0 Å². The molecular weight excluding hydrogens is 365 g/mol. The van der Waals surface area contributed by atoms with E-state index < -0.39 is 5.82 Å². The average molecular weight is 383 g/mol. The zero-order valence-corrected chi connectivity index (χ0v) is 15.2. The van der Waals surface area contributed by atoms with E-state index in [0.717, 1.165) is 0 Å². The molecule has 1 fully saturated rings. The summed E-state index contributed by atoms with van der Waals surface area (Å²) in [5.74, 6) is 0.236. The van der Waals surface area contributed by atoms with E-state index in [2.05, 4.69) is 25.4 Å². The predicted octanol–water partition coefficient (Wildman–Crippen LogP) is 1.37. The van der Waals surface area contributed by atoms with Gasteiger partial charge >= 0.3 is 0 Å². The molecule has 0 spiro atoms. The highest BCUT2D eigenvalue weighted by atomic mass is 19.1. The van der Waals surface area contributed by atoms with Gasteiger partial charge in [-0.2, -0.15) is 15.4 Å². The molecule has 28 heavy (non-hydrogen) atoms. The van der Waals surface area contributed by atoms with Crippen LogP contribution in [0.3, 0.4) is 0 Å². The Morgan fingerprint density at radius 1 is 1.14 bits per heavy atom. The first-order valence-electron chi connectivity index (χ1n) is 8.72. The number of nitrogens with one attached hydrogen (secondary N) is 1. The second-order valence-electron chi connectivity index (χ2n) is 6.22. The number of carbonyl (C=O) groups excluding carboxylic acids is 1. The number of ether oxygens (including phenoxy) is 1. The van der Waals surface area contributed by atoms with Gasteiger partial charge in [-0.15, -0.1) is 0 Å². The number of rotatable bonds is 4. The minimum Gasteiger partial charge on any atom is -0.497 e. The van der Waals surface area contributed by atoms with E-state index in [-0.39, 0.29) is 23.1 Å². The van der Waals surface area contributed by atoms with Gasteiger partial charge in [0.15, 0.2) is 17.3 Å². The highest BCUT2D eigenvalue weighted by Crippen LogP contribution is 2.28. The molecule has 10 heteroatoms. The second-order valence-corrected chi connectivity index (χ2v) is 6.22. The summed E-state index contributed by atoms with van der Waals surface area (Å²) in [7, 11) is 1.57. The molecule has 1 aliphatic heterocycles. The number of anilines is 1. The Hall–Kier alpha value is -3.56. The lowest BCUT2D eigenvalue weighted by Crippen LogP contribution is -2.49. The second kappa shape index (κ2) is 7.59. The number of carbonyl (C=O) groups is 1. The Morgan fingerprint density at radius 3 is 2.54 bits per heavy atom. The topological polar surface area (TPSA) is 100 Å². The summed E-state index contributed by atoms with van der Waals surface area (Å²) in [5.41, 5.74) is 1.14. The van der Waals surface area contributed by atoms with Crippen molar-refractivity contribution in [2.24, 2.45) is 0 Å². The molecular formula is C18H18FN7O2. The van der Waals surface area contributed by atoms with Crippen LogP contribution in [0.25, 0.3) is 11.3 Å². The van der Waals surface area contributed by atoms with E-state index in [0.29, 0.717) is 37.5 Å². The summed E-state index contributed by atoms with van der Waals surface area (Å²) in [5, 5.41) is 9.89. The van der Waals surface area contributed by atoms with Crippen LogP contribution in [-0.4, -0.2) is 69.5 Å². The molecule has 0 radical (unpaired) electrons. The Bertz CT molecular complexity index is 955. The molecule has 0 atom stereocenters. The maximum absolute atomic E-state index is 15.1. The van der Waals surface area contributed by atoms with E-state index in [1.807, 2.05) is 4.90 Å². The first kappa shape index (κ1) is 17.8. The maximum Gasteiger partial charge on any atom is 0.276 e. The molecule has 0 saturated carbocycles. The third kappa shape index (κ3) is 3.36. The van der Waals surface area contributed by atoms with E-state index in [9.17, 15) is 4.79 Å². The fraction of sp³-hybridized carbons (Fsp3) is 0.278. The molecule has 0 bridgehead atoms. The number of nitrogens with zero attached hydrogens (tertiary/aromatic N) is 6. The van der Waals surface area contributed by atoms with E-state index in [1.54, 1.807) is 36.3 Å². The Morgan fingerprint density at radius 2 is 1.89 bits per heavy atom. The van der Waals surface area contributed by atoms with Crippen LogP contribution in [-0.2, 0) is 0 Å². The third-order valence-corrected chi connectivity index (χ3v) is 4.64. The smallest absolute Gasteiger partial charge is 0.276 e. The van der Waals surface area contributed by atoms with Crippen molar-refractivity contribution in [3.05, 3.63) is 48.3 Å². The van der Waals surface area contributed by atoms with Crippen LogP contribution >= 0.6 is 0 Å². The first-order valence-corrected chi connectivity index (χ1v) is 8.72. The molecule has 0 unspecified atom stereocenters. The molecule has 3 heterocycles. The zero-order valence-electron chi connectivity index (χ0n) is 15.2. The van der Waals surface area contributed by atoms with Gasteiger partial charge in [0.25, 0.3) is 5.91 Å². The minimum atomic E-state index is -0.482. The number of hydrogen-bond donors (Lipinski definition) is 1. The van der Waals surface area contributed by atoms with Crippen molar-refractivity contribution in [3.63, 3.8) is 0 Å². The van der Waals surface area contributed by atoms with Gasteiger partial charge in [-0.25, -0.2) is 14.4 Å². The summed E-state index contributed by atoms with van der Waals surface area (Å²) in [6.07, 6.45) is 2.74. The zero-order chi connectivity index (χ0) is 19.5. The van der Waals surface area contributed by atoms with Gasteiger partial charge in [-0.1, -0.05) is 0 Å². The summed E-state index contributed by atoms with van der Waals surface area (Å²) in [4.78, 5) is 24.0. The summed E-state index contributed by atoms with van der Waals surface area (Å²) >= 11 is 0. The molecule has 2 aromatic heterocycles. The number of methoxy groups -OCH3 is 1. The number of aromatic nitrogens is 5. The van der Waals surface area contributed by atoms with Crippen molar-refractivity contribution < 1.29 is 13.9 Å². The first-order chi connectivity index (χ1) is 13.7. The highest BCUT2D eigenvalue weighted by Gasteiger charge is 2.26. The van der Waals surface area contributed by atoms with Crippen LogP contribution < -0.4 is 9.64 Å². The maximum atomic E-state index is 15.1. The standard InChI is InChI=1S/C18H18FN7O2/c1-28-13-4-2-12(3-5-13)16-15(19)17(21-11-20-16)25-6-8-26(9-7-25)18(27)14-10-22-24-23-14/h2-5,10-11H,6-9H2,1H3,(H,22,23,24). The molecule has 0 aliphatic carbocycles. The Kier molecular flexibility index (Phi) is 4.83. The summed E-state index contributed by atoms with van der Waals surface area (Å²) in [6, 6.07) is 7.01. The number of aromatic amines is 1. The van der Waals surface area contributed by atoms with E-state index >= 15 is 4.39 Å². The summed E-state index contributed by atoms with van der Waals surface area (Å²) < 4.78 is 20.2. The lowest BCUT2D eigenvalue weighted by atomic mass is 10.1. The largest absolute Gasteiger partial charge is 0.497 e. The van der Waals surface area contributed by atoms with Gasteiger partial charge in [-0.05, 0) is 24.3 Å². The number of amides is 1. The van der Waals surface area contributed by atoms with Crippen molar-refractivity contribution in [1.29, 1.82) is 0 Å². The molecule has 144 valence electrons. The van der Waals surface area contributed by atoms with Crippen molar-refractivity contribution in [2.75, 3.05) is 38.2 Å². The highest BCUT2D eigenvalue weighted by molar-refractivity contribution is 5.92. The van der Waals surface area contributed by atoms with Crippen LogP contribution in [0.4, 0.5) is 10.2 Å². The van der Waals surface area contributed by atoms with Crippen molar-refractivity contribution in [2.45, 2.75) is 0 Å². The number of benzene rings is 1. The normalized spacial score (nSPS) is 14.2. The van der Waals surface area contributed by atoms with Crippen molar-refractivity contribution in [1.82, 2.24) is 30.3 Å². The van der Waals surface area contributed by atoms with Gasteiger partial charge in [0.1, 0.15) is 17.8 Å². The van der Waals surface area contributed by atoms with Gasteiger partial charge in [0, 0.05) is 31.7 Å². The molecule has 1 aliphatic rings. The fourth-order valence-electron chi connectivity index (χ4n) is 3.12. The predicted molar refractivity (Wildman–Crippen MR) is 98.5 cm³/mol. The molecule has 9 nitrogen and oxygen atoms in total. The minimum absolute atomic E-state index is 0.199. The number of halogens is 1. The monoisotopic (exact) mass is 383 g/mol. The number of piperazine rings is 1. The average Bonchev–Trinajstić information content (AvgIpc) is 3.29. The number of hydrogen-bond acceptors (Lipinski definition) is 7. The van der Waals surface area contributed by atoms with E-state index in [4.69, 9.17) is 4.74 Å². The van der Waals surface area contributed by atoms with Crippen LogP contribution in [0, 0.1) is 5.82 Å². The van der Waals surface area contributed by atoms with Crippen LogP contribution in [0.5, 0.6) is 5.75 Å². The molecule has 1 N–H and O–H groups in total. The molecule has 3 aromatic rings. The van der Waals surface area contributed by atoms with Crippen molar-refractivity contribution >= 4 is 11.7 Å².